The molecule has 0 fully saturated rings. The van der Waals surface area contributed by atoms with Gasteiger partial charge in [0.05, 0.1) is 26.0 Å². The van der Waals surface area contributed by atoms with Crippen LogP contribution >= 0.6 is 0 Å². The number of nitrogens with one attached hydrogen (secondary N) is 1. The Morgan fingerprint density at radius 3 is 2.00 bits per heavy atom. The van der Waals surface area contributed by atoms with E-state index in [4.69, 9.17) is 0 Å². The summed E-state index contributed by atoms with van der Waals surface area (Å²) in [4.78, 5) is 7.24. The van der Waals surface area contributed by atoms with Gasteiger partial charge in [0, 0.05) is 11.7 Å². The third kappa shape index (κ3) is 12.7. The van der Waals surface area contributed by atoms with Crippen molar-refractivity contribution in [3.63, 3.8) is 0 Å². The van der Waals surface area contributed by atoms with E-state index in [-0.39, 0.29) is 126 Å². The van der Waals surface area contributed by atoms with Crippen molar-refractivity contribution in [3.8, 4) is 0 Å². The molecule has 2 unspecified atom stereocenters. The number of unbranched alkanes of at least 4 members (excludes halogenated alkanes) is 7. The molecule has 188 valence electrons. The van der Waals surface area contributed by atoms with Crippen molar-refractivity contribution in [2.75, 3.05) is 0 Å². The maximum Gasteiger partial charge on any atom is 1.00 e. The monoisotopic (exact) mass is 578 g/mol. The van der Waals surface area contributed by atoms with Gasteiger partial charge in [-0.05, 0) is 43.4 Å². The van der Waals surface area contributed by atoms with Crippen LogP contribution in [-0.2, 0) is 26.7 Å². The van der Waals surface area contributed by atoms with E-state index >= 15 is 0 Å². The smallest absolute Gasteiger partial charge is 0.748 e. The molecular weight excluding hydrogens is 543 g/mol. The summed E-state index contributed by atoms with van der Waals surface area (Å²) in [6.45, 7) is 5.55. The first kappa shape index (κ1) is 36.8. The summed E-state index contributed by atoms with van der Waals surface area (Å²) < 4.78 is 68.5. The molecule has 1 heterocycles. The number of aryl methyl sites for hydroxylation is 1. The minimum Gasteiger partial charge on any atom is -0.748 e. The molecule has 12 heteroatoms. The Labute approximate surface area is 295 Å². The third-order valence-electron chi connectivity index (χ3n) is 6.23. The van der Waals surface area contributed by atoms with Crippen molar-refractivity contribution in [1.82, 2.24) is 9.97 Å². The van der Waals surface area contributed by atoms with Gasteiger partial charge in [0.1, 0.15) is 15.9 Å². The molecule has 0 amide bonds. The van der Waals surface area contributed by atoms with Crippen molar-refractivity contribution >= 4 is 31.3 Å². The maximum atomic E-state index is 11.7. The first-order chi connectivity index (χ1) is 15.4. The van der Waals surface area contributed by atoms with E-state index in [9.17, 15) is 25.9 Å². The molecule has 0 spiro atoms. The molecule has 0 saturated carbocycles. The average Bonchev–Trinajstić information content (AvgIpc) is 3.14. The maximum absolute atomic E-state index is 11.7. The van der Waals surface area contributed by atoms with Gasteiger partial charge < -0.3 is 14.1 Å². The minimum absolute atomic E-state index is 0. The van der Waals surface area contributed by atoms with Gasteiger partial charge >= 0.3 is 103 Å². The van der Waals surface area contributed by atoms with Crippen LogP contribution in [0.1, 0.15) is 102 Å². The van der Waals surface area contributed by atoms with Gasteiger partial charge in [0.2, 0.25) is 0 Å². The van der Waals surface area contributed by atoms with Crippen LogP contribution in [0.25, 0.3) is 11.0 Å². The SMILES string of the molecule is CCCCCCCCCCC(C)c1cc(S(=O)(=O)[O-])cc2[nH]c(CCC(C)S(=O)(=O)[O-])nc12.[K+].[K+]. The topological polar surface area (TPSA) is 143 Å². The number of fused-ring (bicyclic) bond motifs is 1. The van der Waals surface area contributed by atoms with Crippen LogP contribution in [0, 0.1) is 0 Å². The first-order valence-electron chi connectivity index (χ1n) is 11.9. The first-order valence-corrected chi connectivity index (χ1v) is 14.7. The fraction of sp³-hybridized carbons (Fsp3) is 0.696. The molecule has 0 aliphatic carbocycles. The quantitative estimate of drug-likeness (QED) is 0.162. The van der Waals surface area contributed by atoms with Crippen molar-refractivity contribution in [2.45, 2.75) is 107 Å². The van der Waals surface area contributed by atoms with E-state index in [0.29, 0.717) is 22.4 Å². The molecule has 0 radical (unpaired) electrons. The molecule has 0 saturated heterocycles. The molecular formula is C23H36K2N2O6S2. The van der Waals surface area contributed by atoms with Crippen LogP contribution in [0.4, 0.5) is 0 Å². The number of aromatic amines is 1. The number of nitrogens with zero attached hydrogens (tertiary/aromatic N) is 1. The number of benzene rings is 1. The number of rotatable bonds is 15. The summed E-state index contributed by atoms with van der Waals surface area (Å²) in [5.41, 5.74) is 1.70. The fourth-order valence-electron chi connectivity index (χ4n) is 4.03. The van der Waals surface area contributed by atoms with Gasteiger partial charge in [-0.3, -0.25) is 0 Å². The summed E-state index contributed by atoms with van der Waals surface area (Å²) in [5.74, 6) is 0.466. The Morgan fingerprint density at radius 1 is 0.886 bits per heavy atom. The van der Waals surface area contributed by atoms with Crippen LogP contribution in [0.2, 0.25) is 0 Å². The largest absolute Gasteiger partial charge is 1.00 e. The number of aromatic nitrogens is 2. The second-order valence-corrected chi connectivity index (χ2v) is 12.2. The molecule has 1 aromatic carbocycles. The number of H-pyrrole nitrogens is 1. The Balaban J connectivity index is 0.00000578. The van der Waals surface area contributed by atoms with Crippen LogP contribution in [0.15, 0.2) is 17.0 Å². The molecule has 35 heavy (non-hydrogen) atoms. The fourth-order valence-corrected chi connectivity index (χ4v) is 4.97. The Bertz CT molecular complexity index is 1120. The molecule has 2 atom stereocenters. The van der Waals surface area contributed by atoms with Crippen molar-refractivity contribution < 1.29 is 129 Å². The Hall–Kier alpha value is 1.78. The van der Waals surface area contributed by atoms with Gasteiger partial charge in [-0.25, -0.2) is 21.8 Å². The molecule has 2 aromatic rings. The standard InChI is InChI=1S/C23H38N2O6S2.2K/c1-4-5-6-7-8-9-10-11-12-17(2)20-15-19(33(29,30)31)16-21-23(20)25-22(24-21)14-13-18(3)32(26,27)28;;/h15-18H,4-14H2,1-3H3,(H,24,25)(H,26,27,28)(H,29,30,31);;/q;2*+1/p-2. The number of imidazole rings is 1. The Kier molecular flexibility index (Phi) is 18.4. The number of hydrogen-bond donors (Lipinski definition) is 1. The van der Waals surface area contributed by atoms with E-state index in [1.807, 2.05) is 6.92 Å². The normalized spacial score (nSPS) is 13.7. The van der Waals surface area contributed by atoms with Crippen molar-refractivity contribution in [1.29, 1.82) is 0 Å². The van der Waals surface area contributed by atoms with E-state index in [0.717, 1.165) is 19.3 Å². The van der Waals surface area contributed by atoms with E-state index in [1.165, 1.54) is 57.6 Å². The summed E-state index contributed by atoms with van der Waals surface area (Å²) in [5, 5.41) is -1.05. The summed E-state index contributed by atoms with van der Waals surface area (Å²) in [6, 6.07) is 2.68. The zero-order valence-electron chi connectivity index (χ0n) is 21.8. The van der Waals surface area contributed by atoms with Crippen LogP contribution < -0.4 is 103 Å². The van der Waals surface area contributed by atoms with Crippen molar-refractivity contribution in [3.05, 3.63) is 23.5 Å². The zero-order valence-corrected chi connectivity index (χ0v) is 29.7. The predicted molar refractivity (Wildman–Crippen MR) is 127 cm³/mol. The van der Waals surface area contributed by atoms with Crippen LogP contribution in [0.3, 0.4) is 0 Å². The van der Waals surface area contributed by atoms with Gasteiger partial charge in [-0.1, -0.05) is 65.2 Å². The second kappa shape index (κ2) is 17.5. The van der Waals surface area contributed by atoms with E-state index < -0.39 is 25.5 Å². The second-order valence-electron chi connectivity index (χ2n) is 9.05. The molecule has 0 bridgehead atoms. The molecule has 0 aliphatic heterocycles. The van der Waals surface area contributed by atoms with Gasteiger partial charge in [-0.2, -0.15) is 0 Å². The van der Waals surface area contributed by atoms with E-state index in [1.54, 1.807) is 0 Å². The molecule has 1 N–H and O–H groups in total. The number of hydrogen-bond acceptors (Lipinski definition) is 7. The third-order valence-corrected chi connectivity index (χ3v) is 8.26. The summed E-state index contributed by atoms with van der Waals surface area (Å²) >= 11 is 0. The zero-order chi connectivity index (χ0) is 24.6. The summed E-state index contributed by atoms with van der Waals surface area (Å²) in [6.07, 6.45) is 10.7. The molecule has 1 aromatic heterocycles. The van der Waals surface area contributed by atoms with Gasteiger partial charge in [-0.15, -0.1) is 0 Å². The molecule has 0 aliphatic rings. The summed E-state index contributed by atoms with van der Waals surface area (Å²) in [7, 11) is -9.03. The molecule has 2 rings (SSSR count). The van der Waals surface area contributed by atoms with E-state index in [2.05, 4.69) is 16.9 Å². The minimum atomic E-state index is -4.64. The van der Waals surface area contributed by atoms with Crippen LogP contribution in [0.5, 0.6) is 0 Å². The molecule has 8 nitrogen and oxygen atoms in total. The van der Waals surface area contributed by atoms with Crippen LogP contribution in [-0.4, -0.2) is 41.2 Å². The average molecular weight is 579 g/mol. The Morgan fingerprint density at radius 2 is 1.46 bits per heavy atom. The van der Waals surface area contributed by atoms with Crippen molar-refractivity contribution in [2.24, 2.45) is 0 Å². The van der Waals surface area contributed by atoms with Gasteiger partial charge in [0.15, 0.2) is 0 Å². The predicted octanol–water partition coefficient (Wildman–Crippen LogP) is -1.02. The van der Waals surface area contributed by atoms with Gasteiger partial charge in [0.25, 0.3) is 0 Å².